The molecule has 31 heavy (non-hydrogen) atoms. The predicted molar refractivity (Wildman–Crippen MR) is 132 cm³/mol. The van der Waals surface area contributed by atoms with Gasteiger partial charge in [0.25, 0.3) is 0 Å². The molecule has 1 N–H and O–H groups in total. The van der Waals surface area contributed by atoms with Crippen LogP contribution in [0.4, 0.5) is 0 Å². The summed E-state index contributed by atoms with van der Waals surface area (Å²) >= 11 is 3.31. The van der Waals surface area contributed by atoms with Crippen molar-refractivity contribution in [2.75, 3.05) is 20.6 Å². The second kappa shape index (κ2) is 13.1. The van der Waals surface area contributed by atoms with Crippen molar-refractivity contribution in [3.8, 4) is 23.3 Å². The van der Waals surface area contributed by atoms with E-state index < -0.39 is 0 Å². The third-order valence-electron chi connectivity index (χ3n) is 4.04. The Kier molecular flexibility index (Phi) is 10.1. The first kappa shape index (κ1) is 24.0. The lowest BCUT2D eigenvalue weighted by Gasteiger charge is -2.13. The van der Waals surface area contributed by atoms with Crippen LogP contribution in [0.15, 0.2) is 67.2 Å². The number of halogens is 1. The Morgan fingerprint density at radius 2 is 1.71 bits per heavy atom. The molecule has 0 saturated carbocycles. The smallest absolute Gasteiger partial charge is 0.178 e. The van der Waals surface area contributed by atoms with E-state index >= 15 is 0 Å². The molecule has 1 aromatic carbocycles. The zero-order valence-corrected chi connectivity index (χ0v) is 19.6. The molecule has 0 amide bonds. The van der Waals surface area contributed by atoms with Gasteiger partial charge in [-0.05, 0) is 66.0 Å². The van der Waals surface area contributed by atoms with Crippen LogP contribution in [-0.4, -0.2) is 49.3 Å². The molecule has 160 valence electrons. The molecular formula is C23H25BrN6O. The zero-order valence-electron chi connectivity index (χ0n) is 18.1. The Morgan fingerprint density at radius 1 is 1.00 bits per heavy atom. The minimum atomic E-state index is 0.582. The van der Waals surface area contributed by atoms with Crippen molar-refractivity contribution in [3.63, 3.8) is 0 Å². The maximum atomic E-state index is 5.78. The Hall–Kier alpha value is -3.31. The minimum absolute atomic E-state index is 0.582. The first-order chi connectivity index (χ1) is 15.1. The van der Waals surface area contributed by atoms with Gasteiger partial charge >= 0.3 is 0 Å². The van der Waals surface area contributed by atoms with Gasteiger partial charge in [-0.1, -0.05) is 12.1 Å². The van der Waals surface area contributed by atoms with E-state index in [4.69, 9.17) is 4.74 Å². The number of pyridine rings is 1. The van der Waals surface area contributed by atoms with Crippen LogP contribution in [0, 0.1) is 11.8 Å². The molecule has 0 fully saturated rings. The molecule has 0 spiro atoms. The standard InChI is InChI=1S/C19H19BrN6O.C4H6/c1-21-17-18(22-2)25-12-26-19(17)23-10-9-13-3-5-14(6-4-13)27-15-7-8-16(20)24-11-15;1-3-4-2/h3-8,11-12H,9-10H2,1-2H3,(H,22,23,25,26);1-2H3. The van der Waals surface area contributed by atoms with Crippen molar-refractivity contribution in [1.29, 1.82) is 0 Å². The van der Waals surface area contributed by atoms with Gasteiger partial charge in [0.15, 0.2) is 11.7 Å². The van der Waals surface area contributed by atoms with Gasteiger partial charge in [0.1, 0.15) is 21.8 Å². The van der Waals surface area contributed by atoms with Crippen molar-refractivity contribution in [2.24, 2.45) is 20.0 Å². The summed E-state index contributed by atoms with van der Waals surface area (Å²) in [5, 5.41) is 3.03. The van der Waals surface area contributed by atoms with E-state index in [0.29, 0.717) is 29.7 Å². The predicted octanol–water partition coefficient (Wildman–Crippen LogP) is 4.34. The van der Waals surface area contributed by atoms with E-state index in [0.717, 1.165) is 16.8 Å². The molecule has 0 bridgehead atoms. The van der Waals surface area contributed by atoms with Crippen LogP contribution in [-0.2, 0) is 6.42 Å². The van der Waals surface area contributed by atoms with Crippen molar-refractivity contribution in [2.45, 2.75) is 20.3 Å². The summed E-state index contributed by atoms with van der Waals surface area (Å²) in [6.45, 7) is 4.27. The lowest BCUT2D eigenvalue weighted by molar-refractivity contribution is 0.480. The SMILES string of the molecule is CC#CC.CN=C1N=CNC(=NCCc2ccc(Oc3ccc(Br)nc3)cc2)C1=NC. The Bertz CT molecular complexity index is 1020. The number of nitrogens with zero attached hydrogens (tertiary/aromatic N) is 5. The maximum absolute atomic E-state index is 5.78. The highest BCUT2D eigenvalue weighted by Gasteiger charge is 2.17. The molecule has 8 heteroatoms. The topological polar surface area (TPSA) is 83.6 Å². The molecule has 0 saturated heterocycles. The fourth-order valence-corrected chi connectivity index (χ4v) is 2.69. The molecule has 2 aromatic rings. The summed E-state index contributed by atoms with van der Waals surface area (Å²) in [6, 6.07) is 11.7. The highest BCUT2D eigenvalue weighted by atomic mass is 79.9. The summed E-state index contributed by atoms with van der Waals surface area (Å²) in [7, 11) is 3.40. The third-order valence-corrected chi connectivity index (χ3v) is 4.51. The van der Waals surface area contributed by atoms with E-state index in [-0.39, 0.29) is 0 Å². The molecule has 3 rings (SSSR count). The first-order valence-corrected chi connectivity index (χ1v) is 10.4. The van der Waals surface area contributed by atoms with Gasteiger partial charge in [0.2, 0.25) is 0 Å². The Labute approximate surface area is 191 Å². The normalized spacial score (nSPS) is 16.2. The highest BCUT2D eigenvalue weighted by molar-refractivity contribution is 9.10. The van der Waals surface area contributed by atoms with Gasteiger partial charge in [-0.25, -0.2) is 9.98 Å². The Balaban J connectivity index is 0.000000785. The van der Waals surface area contributed by atoms with Gasteiger partial charge in [-0.2, -0.15) is 0 Å². The number of rotatable bonds is 5. The van der Waals surface area contributed by atoms with Crippen LogP contribution in [0.1, 0.15) is 19.4 Å². The summed E-state index contributed by atoms with van der Waals surface area (Å²) < 4.78 is 6.55. The van der Waals surface area contributed by atoms with Crippen LogP contribution in [0.25, 0.3) is 0 Å². The summed E-state index contributed by atoms with van der Waals surface area (Å²) in [4.78, 5) is 21.2. The van der Waals surface area contributed by atoms with Crippen LogP contribution in [0.2, 0.25) is 0 Å². The van der Waals surface area contributed by atoms with E-state index in [1.165, 1.54) is 5.56 Å². The summed E-state index contributed by atoms with van der Waals surface area (Å²) in [5.41, 5.74) is 1.84. The summed E-state index contributed by atoms with van der Waals surface area (Å²) in [5.74, 6) is 8.10. The first-order valence-electron chi connectivity index (χ1n) is 9.61. The molecule has 0 radical (unpaired) electrons. The summed E-state index contributed by atoms with van der Waals surface area (Å²) in [6.07, 6.45) is 4.06. The van der Waals surface area contributed by atoms with Crippen molar-refractivity contribution < 1.29 is 4.74 Å². The van der Waals surface area contributed by atoms with E-state index in [2.05, 4.69) is 58.0 Å². The average molecular weight is 481 g/mol. The third kappa shape index (κ3) is 7.79. The monoisotopic (exact) mass is 480 g/mol. The number of amidine groups is 2. The van der Waals surface area contributed by atoms with Gasteiger partial charge in [-0.15, -0.1) is 11.8 Å². The van der Waals surface area contributed by atoms with E-state index in [9.17, 15) is 0 Å². The van der Waals surface area contributed by atoms with Gasteiger partial charge in [0.05, 0.1) is 12.5 Å². The molecule has 0 unspecified atom stereocenters. The number of benzene rings is 1. The van der Waals surface area contributed by atoms with Crippen LogP contribution < -0.4 is 10.1 Å². The number of aromatic nitrogens is 1. The fourth-order valence-electron chi connectivity index (χ4n) is 2.46. The molecule has 2 heterocycles. The second-order valence-corrected chi connectivity index (χ2v) is 6.88. The quantitative estimate of drug-likeness (QED) is 0.510. The van der Waals surface area contributed by atoms with E-state index in [1.807, 2.05) is 50.2 Å². The van der Waals surface area contributed by atoms with Gasteiger partial charge < -0.3 is 10.1 Å². The van der Waals surface area contributed by atoms with E-state index in [1.54, 1.807) is 26.6 Å². The minimum Gasteiger partial charge on any atom is -0.456 e. The average Bonchev–Trinajstić information content (AvgIpc) is 2.81. The Morgan fingerprint density at radius 3 is 2.29 bits per heavy atom. The lowest BCUT2D eigenvalue weighted by atomic mass is 10.1. The number of aliphatic imine (C=N–C) groups is 4. The molecule has 0 atom stereocenters. The molecule has 1 aromatic heterocycles. The number of nitrogens with one attached hydrogen (secondary N) is 1. The fraction of sp³-hybridized carbons (Fsp3) is 0.261. The van der Waals surface area contributed by atoms with Crippen molar-refractivity contribution in [1.82, 2.24) is 10.3 Å². The largest absolute Gasteiger partial charge is 0.456 e. The van der Waals surface area contributed by atoms with Crippen LogP contribution in [0.5, 0.6) is 11.5 Å². The second-order valence-electron chi connectivity index (χ2n) is 6.06. The molecular weight excluding hydrogens is 456 g/mol. The number of hydrogen-bond donors (Lipinski definition) is 1. The zero-order chi connectivity index (χ0) is 22.5. The number of ether oxygens (including phenoxy) is 1. The number of hydrogen-bond acceptors (Lipinski definition) is 5. The van der Waals surface area contributed by atoms with Gasteiger partial charge in [0, 0.05) is 20.6 Å². The molecule has 1 aliphatic rings. The van der Waals surface area contributed by atoms with Crippen LogP contribution >= 0.6 is 15.9 Å². The van der Waals surface area contributed by atoms with Crippen LogP contribution in [0.3, 0.4) is 0 Å². The highest BCUT2D eigenvalue weighted by Crippen LogP contribution is 2.22. The lowest BCUT2D eigenvalue weighted by Crippen LogP contribution is -2.39. The van der Waals surface area contributed by atoms with Crippen molar-refractivity contribution in [3.05, 3.63) is 52.8 Å². The van der Waals surface area contributed by atoms with Crippen molar-refractivity contribution >= 4 is 39.7 Å². The van der Waals surface area contributed by atoms with Gasteiger partial charge in [-0.3, -0.25) is 15.0 Å². The molecule has 0 aliphatic carbocycles. The molecule has 7 nitrogen and oxygen atoms in total. The molecule has 1 aliphatic heterocycles. The maximum Gasteiger partial charge on any atom is 0.178 e.